The second-order valence-electron chi connectivity index (χ2n) is 5.10. The third-order valence-electron chi connectivity index (χ3n) is 3.08. The van der Waals surface area contributed by atoms with Gasteiger partial charge in [-0.05, 0) is 46.5 Å². The van der Waals surface area contributed by atoms with E-state index in [1.54, 1.807) is 0 Å². The van der Waals surface area contributed by atoms with Gasteiger partial charge in [0, 0.05) is 10.5 Å². The van der Waals surface area contributed by atoms with Crippen LogP contribution >= 0.6 is 11.8 Å². The summed E-state index contributed by atoms with van der Waals surface area (Å²) >= 11 is 2.02. The smallest absolute Gasteiger partial charge is 0.0207 e. The zero-order valence-corrected chi connectivity index (χ0v) is 12.9. The number of rotatable bonds is 2. The minimum Gasteiger partial charge on any atom is -0.147 e. The van der Waals surface area contributed by atoms with Gasteiger partial charge in [0.15, 0.2) is 0 Å². The van der Waals surface area contributed by atoms with Crippen LogP contribution in [0.4, 0.5) is 0 Å². The zero-order chi connectivity index (χ0) is 13.4. The average molecular weight is 262 g/mol. The van der Waals surface area contributed by atoms with Gasteiger partial charge in [-0.1, -0.05) is 48.1 Å². The lowest BCUT2D eigenvalue weighted by molar-refractivity contribution is 0.652. The normalized spacial score (nSPS) is 36.7. The molecular formula is C17H26S. The van der Waals surface area contributed by atoms with Crippen LogP contribution in [0.15, 0.2) is 48.1 Å². The Morgan fingerprint density at radius 1 is 1.22 bits per heavy atom. The Kier molecular flexibility index (Phi) is 7.19. The Hall–Kier alpha value is -0.690. The van der Waals surface area contributed by atoms with Crippen molar-refractivity contribution in [2.75, 3.05) is 0 Å². The molecule has 1 rings (SSSR count). The van der Waals surface area contributed by atoms with Crippen molar-refractivity contribution in [3.05, 3.63) is 48.1 Å². The first-order valence-corrected chi connectivity index (χ1v) is 7.85. The summed E-state index contributed by atoms with van der Waals surface area (Å²) in [5.41, 5.74) is 1.52. The fourth-order valence-corrected chi connectivity index (χ4v) is 3.46. The summed E-state index contributed by atoms with van der Waals surface area (Å²) in [6, 6.07) is 0. The molecule has 18 heavy (non-hydrogen) atoms. The summed E-state index contributed by atoms with van der Waals surface area (Å²) in [4.78, 5) is 0. The molecule has 0 N–H and O–H groups in total. The molecule has 1 heterocycles. The zero-order valence-electron chi connectivity index (χ0n) is 12.1. The van der Waals surface area contributed by atoms with Crippen LogP contribution in [-0.2, 0) is 0 Å². The molecule has 0 radical (unpaired) electrons. The molecular weight excluding hydrogens is 236 g/mol. The van der Waals surface area contributed by atoms with Gasteiger partial charge in [0.25, 0.3) is 0 Å². The lowest BCUT2D eigenvalue weighted by atomic mass is 9.95. The highest BCUT2D eigenvalue weighted by molar-refractivity contribution is 8.00. The second kappa shape index (κ2) is 8.42. The highest BCUT2D eigenvalue weighted by atomic mass is 32.2. The van der Waals surface area contributed by atoms with E-state index in [1.807, 2.05) is 11.8 Å². The van der Waals surface area contributed by atoms with Crippen molar-refractivity contribution in [1.82, 2.24) is 0 Å². The van der Waals surface area contributed by atoms with E-state index in [9.17, 15) is 0 Å². The van der Waals surface area contributed by atoms with Crippen molar-refractivity contribution in [3.63, 3.8) is 0 Å². The summed E-state index contributed by atoms with van der Waals surface area (Å²) in [6.07, 6.45) is 18.2. The van der Waals surface area contributed by atoms with Crippen LogP contribution in [0.2, 0.25) is 0 Å². The molecule has 0 aromatic rings. The lowest BCUT2D eigenvalue weighted by Gasteiger charge is -2.14. The van der Waals surface area contributed by atoms with E-state index in [0.29, 0.717) is 16.4 Å². The minimum atomic E-state index is 0.584. The molecule has 0 fully saturated rings. The Morgan fingerprint density at radius 2 is 1.94 bits per heavy atom. The highest BCUT2D eigenvalue weighted by Gasteiger charge is 2.08. The molecule has 100 valence electrons. The standard InChI is InChI=1S/C17H26S/c1-5-6-10-17-11-8-7-9-15(3)18-16(4)12-14(2)13-17/h5-9,11-12,15-17H,10,13H2,1-4H3/b6-5-,9-7-,11-8-,14-12-. The van der Waals surface area contributed by atoms with Gasteiger partial charge in [0.1, 0.15) is 0 Å². The fourth-order valence-electron chi connectivity index (χ4n) is 2.29. The van der Waals surface area contributed by atoms with Gasteiger partial charge in [-0.15, -0.1) is 11.8 Å². The Morgan fingerprint density at radius 3 is 2.67 bits per heavy atom. The number of hydrogen-bond donors (Lipinski definition) is 0. The number of allylic oxidation sites excluding steroid dienone is 6. The Balaban J connectivity index is 2.81. The van der Waals surface area contributed by atoms with Crippen LogP contribution in [0.3, 0.4) is 0 Å². The van der Waals surface area contributed by atoms with Crippen LogP contribution in [0.1, 0.15) is 40.5 Å². The topological polar surface area (TPSA) is 0 Å². The van der Waals surface area contributed by atoms with Crippen LogP contribution in [0.25, 0.3) is 0 Å². The molecule has 0 amide bonds. The molecule has 0 spiro atoms. The Labute approximate surface area is 117 Å². The molecule has 0 saturated carbocycles. The predicted molar refractivity (Wildman–Crippen MR) is 86.1 cm³/mol. The molecule has 1 heteroatoms. The third kappa shape index (κ3) is 6.30. The molecule has 1 aliphatic rings. The maximum absolute atomic E-state index is 2.43. The van der Waals surface area contributed by atoms with Crippen molar-refractivity contribution in [2.45, 2.75) is 51.0 Å². The van der Waals surface area contributed by atoms with Crippen LogP contribution in [-0.4, -0.2) is 10.5 Å². The summed E-state index contributed by atoms with van der Waals surface area (Å²) in [6.45, 7) is 8.93. The predicted octanol–water partition coefficient (Wildman–Crippen LogP) is 5.54. The third-order valence-corrected chi connectivity index (χ3v) is 4.24. The van der Waals surface area contributed by atoms with Gasteiger partial charge in [-0.3, -0.25) is 0 Å². The first kappa shape index (κ1) is 15.4. The molecule has 0 nitrogen and oxygen atoms in total. The Bertz CT molecular complexity index is 347. The average Bonchev–Trinajstić information content (AvgIpc) is 2.32. The summed E-state index contributed by atoms with van der Waals surface area (Å²) < 4.78 is 0. The van der Waals surface area contributed by atoms with Gasteiger partial charge in [-0.25, -0.2) is 0 Å². The van der Waals surface area contributed by atoms with E-state index >= 15 is 0 Å². The molecule has 0 aromatic heterocycles. The van der Waals surface area contributed by atoms with Gasteiger partial charge in [0.2, 0.25) is 0 Å². The fraction of sp³-hybridized carbons (Fsp3) is 0.529. The maximum Gasteiger partial charge on any atom is 0.0207 e. The number of thioether (sulfide) groups is 1. The summed E-state index contributed by atoms with van der Waals surface area (Å²) in [5, 5.41) is 1.19. The van der Waals surface area contributed by atoms with Gasteiger partial charge < -0.3 is 0 Å². The van der Waals surface area contributed by atoms with Gasteiger partial charge >= 0.3 is 0 Å². The van der Waals surface area contributed by atoms with Gasteiger partial charge in [-0.2, -0.15) is 0 Å². The quantitative estimate of drug-likeness (QED) is 0.589. The molecule has 0 aliphatic carbocycles. The van der Waals surface area contributed by atoms with Crippen molar-refractivity contribution < 1.29 is 0 Å². The van der Waals surface area contributed by atoms with Crippen LogP contribution < -0.4 is 0 Å². The molecule has 0 aromatic carbocycles. The molecule has 3 unspecified atom stereocenters. The number of hydrogen-bond acceptors (Lipinski definition) is 1. The van der Waals surface area contributed by atoms with Crippen molar-refractivity contribution in [1.29, 1.82) is 0 Å². The second-order valence-corrected chi connectivity index (χ2v) is 6.86. The lowest BCUT2D eigenvalue weighted by Crippen LogP contribution is -2.01. The first-order valence-electron chi connectivity index (χ1n) is 6.90. The van der Waals surface area contributed by atoms with E-state index < -0.39 is 0 Å². The molecule has 3 atom stereocenters. The van der Waals surface area contributed by atoms with Gasteiger partial charge in [0.05, 0.1) is 0 Å². The van der Waals surface area contributed by atoms with E-state index in [2.05, 4.69) is 70.2 Å². The first-order chi connectivity index (χ1) is 8.61. The summed E-state index contributed by atoms with van der Waals surface area (Å²) in [7, 11) is 0. The minimum absolute atomic E-state index is 0.584. The molecule has 0 saturated heterocycles. The van der Waals surface area contributed by atoms with Crippen molar-refractivity contribution in [2.24, 2.45) is 5.92 Å². The summed E-state index contributed by atoms with van der Waals surface area (Å²) in [5.74, 6) is 0.632. The SMILES string of the molecule is C/C=C\CC1/C=C\C=C/C(C)SC(C)/C=C(/C)C1. The van der Waals surface area contributed by atoms with Crippen molar-refractivity contribution in [3.8, 4) is 0 Å². The van der Waals surface area contributed by atoms with E-state index in [4.69, 9.17) is 0 Å². The van der Waals surface area contributed by atoms with Crippen LogP contribution in [0.5, 0.6) is 0 Å². The van der Waals surface area contributed by atoms with E-state index in [1.165, 1.54) is 12.0 Å². The molecule has 0 bridgehead atoms. The van der Waals surface area contributed by atoms with Crippen molar-refractivity contribution >= 4 is 11.8 Å². The largest absolute Gasteiger partial charge is 0.147 e. The van der Waals surface area contributed by atoms with Crippen LogP contribution in [0, 0.1) is 5.92 Å². The van der Waals surface area contributed by atoms with E-state index in [0.717, 1.165) is 6.42 Å². The highest BCUT2D eigenvalue weighted by Crippen LogP contribution is 2.24. The monoisotopic (exact) mass is 262 g/mol. The molecule has 1 aliphatic heterocycles. The van der Waals surface area contributed by atoms with E-state index in [-0.39, 0.29) is 0 Å². The maximum atomic E-state index is 2.43.